The van der Waals surface area contributed by atoms with Crippen LogP contribution in [0.5, 0.6) is 0 Å². The number of nitrogens with one attached hydrogen (secondary N) is 2. The molecule has 0 aliphatic rings. The van der Waals surface area contributed by atoms with Crippen LogP contribution in [0.1, 0.15) is 35.1 Å². The van der Waals surface area contributed by atoms with E-state index in [1.165, 1.54) is 6.33 Å². The largest absolute Gasteiger partial charge is 0.384 e. The van der Waals surface area contributed by atoms with Gasteiger partial charge in [0.2, 0.25) is 0 Å². The average molecular weight is 287 g/mol. The molecule has 0 spiro atoms. The van der Waals surface area contributed by atoms with Crippen molar-refractivity contribution < 1.29 is 4.79 Å². The number of nitrogens with zero attached hydrogens (tertiary/aromatic N) is 3. The summed E-state index contributed by atoms with van der Waals surface area (Å²) in [6.07, 6.45) is 2.45. The Morgan fingerprint density at radius 1 is 1.43 bits per heavy atom. The van der Waals surface area contributed by atoms with Gasteiger partial charge >= 0.3 is 0 Å². The van der Waals surface area contributed by atoms with Gasteiger partial charge in [0.05, 0.1) is 12.1 Å². The van der Waals surface area contributed by atoms with E-state index in [4.69, 9.17) is 0 Å². The molecule has 0 aliphatic carbocycles. The standard InChI is InChI=1S/C15H21N5O/c1-4-7-16-13-6-5-11(2)8-12(13)15(21)20(3)9-14-17-10-18-19-14/h5-6,8,10,16H,4,7,9H2,1-3H3,(H,17,18,19). The van der Waals surface area contributed by atoms with Crippen LogP contribution in [0.25, 0.3) is 0 Å². The van der Waals surface area contributed by atoms with Crippen LogP contribution >= 0.6 is 0 Å². The molecule has 6 heteroatoms. The quantitative estimate of drug-likeness (QED) is 0.854. The highest BCUT2D eigenvalue weighted by Gasteiger charge is 2.17. The number of rotatable bonds is 6. The van der Waals surface area contributed by atoms with Gasteiger partial charge < -0.3 is 10.2 Å². The molecule has 6 nitrogen and oxygen atoms in total. The predicted octanol–water partition coefficient (Wildman–Crippen LogP) is 2.21. The number of benzene rings is 1. The van der Waals surface area contributed by atoms with E-state index in [-0.39, 0.29) is 5.91 Å². The Kier molecular flexibility index (Phi) is 4.92. The second-order valence-electron chi connectivity index (χ2n) is 5.07. The van der Waals surface area contributed by atoms with Crippen molar-refractivity contribution in [2.75, 3.05) is 18.9 Å². The van der Waals surface area contributed by atoms with E-state index in [0.29, 0.717) is 17.9 Å². The minimum atomic E-state index is -0.0336. The summed E-state index contributed by atoms with van der Waals surface area (Å²) >= 11 is 0. The molecular formula is C15H21N5O. The van der Waals surface area contributed by atoms with Crippen molar-refractivity contribution in [3.05, 3.63) is 41.5 Å². The van der Waals surface area contributed by atoms with E-state index in [1.807, 2.05) is 25.1 Å². The van der Waals surface area contributed by atoms with Crippen molar-refractivity contribution in [3.8, 4) is 0 Å². The van der Waals surface area contributed by atoms with Gasteiger partial charge in [0, 0.05) is 19.3 Å². The normalized spacial score (nSPS) is 10.4. The van der Waals surface area contributed by atoms with Gasteiger partial charge in [-0.3, -0.25) is 9.89 Å². The number of hydrogen-bond acceptors (Lipinski definition) is 4. The summed E-state index contributed by atoms with van der Waals surface area (Å²) in [4.78, 5) is 18.3. The molecular weight excluding hydrogens is 266 g/mol. The Bertz CT molecular complexity index is 594. The SMILES string of the molecule is CCCNc1ccc(C)cc1C(=O)N(C)Cc1ncn[nH]1. The summed E-state index contributed by atoms with van der Waals surface area (Å²) < 4.78 is 0. The zero-order valence-electron chi connectivity index (χ0n) is 12.7. The Morgan fingerprint density at radius 2 is 2.24 bits per heavy atom. The lowest BCUT2D eigenvalue weighted by Crippen LogP contribution is -2.27. The number of amides is 1. The first kappa shape index (κ1) is 15.0. The zero-order valence-corrected chi connectivity index (χ0v) is 12.7. The number of carbonyl (C=O) groups is 1. The van der Waals surface area contributed by atoms with Crippen LogP contribution in [0.4, 0.5) is 5.69 Å². The topological polar surface area (TPSA) is 73.9 Å². The van der Waals surface area contributed by atoms with Gasteiger partial charge in [-0.1, -0.05) is 18.6 Å². The van der Waals surface area contributed by atoms with Crippen LogP contribution in [0.15, 0.2) is 24.5 Å². The van der Waals surface area contributed by atoms with Gasteiger partial charge in [-0.2, -0.15) is 5.10 Å². The molecule has 0 saturated carbocycles. The van der Waals surface area contributed by atoms with Crippen LogP contribution in [-0.2, 0) is 6.54 Å². The average Bonchev–Trinajstić information content (AvgIpc) is 2.98. The number of H-pyrrole nitrogens is 1. The molecule has 0 aliphatic heterocycles. The van der Waals surface area contributed by atoms with E-state index in [2.05, 4.69) is 27.4 Å². The zero-order chi connectivity index (χ0) is 15.2. The first-order valence-corrected chi connectivity index (χ1v) is 7.06. The summed E-state index contributed by atoms with van der Waals surface area (Å²) in [7, 11) is 1.76. The number of anilines is 1. The molecule has 0 unspecified atom stereocenters. The van der Waals surface area contributed by atoms with Crippen LogP contribution in [0.3, 0.4) is 0 Å². The summed E-state index contributed by atoms with van der Waals surface area (Å²) in [6, 6.07) is 5.88. The molecule has 2 N–H and O–H groups in total. The Morgan fingerprint density at radius 3 is 2.90 bits per heavy atom. The van der Waals surface area contributed by atoms with Gasteiger partial charge in [-0.15, -0.1) is 0 Å². The first-order valence-electron chi connectivity index (χ1n) is 7.06. The predicted molar refractivity (Wildman–Crippen MR) is 82.1 cm³/mol. The maximum Gasteiger partial charge on any atom is 0.256 e. The van der Waals surface area contributed by atoms with Gasteiger partial charge in [0.15, 0.2) is 0 Å². The van der Waals surface area contributed by atoms with Gasteiger partial charge in [-0.05, 0) is 25.5 Å². The summed E-state index contributed by atoms with van der Waals surface area (Å²) in [6.45, 7) is 5.32. The molecule has 1 amide bonds. The number of hydrogen-bond donors (Lipinski definition) is 2. The first-order chi connectivity index (χ1) is 10.1. The highest BCUT2D eigenvalue weighted by molar-refractivity contribution is 5.99. The maximum atomic E-state index is 12.6. The molecule has 0 fully saturated rings. The Hall–Kier alpha value is -2.37. The van der Waals surface area contributed by atoms with Crippen molar-refractivity contribution in [2.24, 2.45) is 0 Å². The number of aromatic nitrogens is 3. The smallest absolute Gasteiger partial charge is 0.256 e. The van der Waals surface area contributed by atoms with E-state index in [1.54, 1.807) is 11.9 Å². The fourth-order valence-corrected chi connectivity index (χ4v) is 2.06. The maximum absolute atomic E-state index is 12.6. The number of aromatic amines is 1. The highest BCUT2D eigenvalue weighted by Crippen LogP contribution is 2.19. The lowest BCUT2D eigenvalue weighted by molar-refractivity contribution is 0.0782. The Balaban J connectivity index is 2.18. The molecule has 0 atom stereocenters. The van der Waals surface area contributed by atoms with Crippen LogP contribution in [-0.4, -0.2) is 39.6 Å². The van der Waals surface area contributed by atoms with Crippen molar-refractivity contribution >= 4 is 11.6 Å². The molecule has 1 heterocycles. The summed E-state index contributed by atoms with van der Waals surface area (Å²) in [5.41, 5.74) is 2.62. The third kappa shape index (κ3) is 3.81. The third-order valence-electron chi connectivity index (χ3n) is 3.17. The molecule has 2 rings (SSSR count). The highest BCUT2D eigenvalue weighted by atomic mass is 16.2. The molecule has 112 valence electrons. The fourth-order valence-electron chi connectivity index (χ4n) is 2.06. The van der Waals surface area contributed by atoms with Gasteiger partial charge in [-0.25, -0.2) is 4.98 Å². The lowest BCUT2D eigenvalue weighted by atomic mass is 10.1. The van der Waals surface area contributed by atoms with Crippen LogP contribution in [0, 0.1) is 6.92 Å². The van der Waals surface area contributed by atoms with Crippen molar-refractivity contribution in [2.45, 2.75) is 26.8 Å². The van der Waals surface area contributed by atoms with Crippen LogP contribution in [0.2, 0.25) is 0 Å². The monoisotopic (exact) mass is 287 g/mol. The molecule has 2 aromatic rings. The second-order valence-corrected chi connectivity index (χ2v) is 5.07. The van der Waals surface area contributed by atoms with Gasteiger partial charge in [0.25, 0.3) is 5.91 Å². The molecule has 0 radical (unpaired) electrons. The summed E-state index contributed by atoms with van der Waals surface area (Å²) in [5.74, 6) is 0.635. The minimum absolute atomic E-state index is 0.0336. The van der Waals surface area contributed by atoms with E-state index >= 15 is 0 Å². The van der Waals surface area contributed by atoms with Crippen molar-refractivity contribution in [1.82, 2.24) is 20.1 Å². The van der Waals surface area contributed by atoms with Crippen molar-refractivity contribution in [3.63, 3.8) is 0 Å². The molecule has 0 bridgehead atoms. The van der Waals surface area contributed by atoms with Crippen LogP contribution < -0.4 is 5.32 Å². The number of carbonyl (C=O) groups excluding carboxylic acids is 1. The molecule has 1 aromatic heterocycles. The minimum Gasteiger partial charge on any atom is -0.384 e. The van der Waals surface area contributed by atoms with Gasteiger partial charge in [0.1, 0.15) is 12.2 Å². The van der Waals surface area contributed by atoms with E-state index in [0.717, 1.165) is 24.2 Å². The van der Waals surface area contributed by atoms with E-state index < -0.39 is 0 Å². The van der Waals surface area contributed by atoms with Crippen molar-refractivity contribution in [1.29, 1.82) is 0 Å². The Labute approximate surface area is 124 Å². The fraction of sp³-hybridized carbons (Fsp3) is 0.400. The molecule has 21 heavy (non-hydrogen) atoms. The summed E-state index contributed by atoms with van der Waals surface area (Å²) in [5, 5.41) is 9.86. The molecule has 1 aromatic carbocycles. The third-order valence-corrected chi connectivity index (χ3v) is 3.17. The number of aryl methyl sites for hydroxylation is 1. The second kappa shape index (κ2) is 6.88. The lowest BCUT2D eigenvalue weighted by Gasteiger charge is -2.19. The molecule has 0 saturated heterocycles. The van der Waals surface area contributed by atoms with E-state index in [9.17, 15) is 4.79 Å².